The van der Waals surface area contributed by atoms with Gasteiger partial charge in [-0.05, 0) is 48.7 Å². The van der Waals surface area contributed by atoms with Gasteiger partial charge in [0.1, 0.15) is 5.75 Å². The molecule has 4 rings (SSSR count). The first-order chi connectivity index (χ1) is 13.2. The summed E-state index contributed by atoms with van der Waals surface area (Å²) in [6.07, 6.45) is 1.90. The van der Waals surface area contributed by atoms with Crippen LogP contribution >= 0.6 is 0 Å². The van der Waals surface area contributed by atoms with E-state index in [1.807, 2.05) is 12.1 Å². The van der Waals surface area contributed by atoms with Crippen molar-refractivity contribution in [1.29, 1.82) is 0 Å². The van der Waals surface area contributed by atoms with Crippen LogP contribution in [-0.4, -0.2) is 43.8 Å². The maximum Gasteiger partial charge on any atom is 0.251 e. The van der Waals surface area contributed by atoms with Crippen LogP contribution in [0.3, 0.4) is 0 Å². The third-order valence-corrected chi connectivity index (χ3v) is 5.12. The maximum absolute atomic E-state index is 12.5. The Morgan fingerprint density at radius 1 is 1.11 bits per heavy atom. The van der Waals surface area contributed by atoms with Gasteiger partial charge in [0.25, 0.3) is 5.91 Å². The lowest BCUT2D eigenvalue weighted by Gasteiger charge is -2.32. The van der Waals surface area contributed by atoms with Gasteiger partial charge in [0.15, 0.2) is 11.5 Å². The maximum atomic E-state index is 12.5. The van der Waals surface area contributed by atoms with Crippen molar-refractivity contribution in [2.75, 3.05) is 27.0 Å². The molecule has 2 aliphatic heterocycles. The van der Waals surface area contributed by atoms with Crippen LogP contribution in [0.5, 0.6) is 17.2 Å². The number of carbonyl (C=O) groups excluding carboxylic acids is 1. The highest BCUT2D eigenvalue weighted by molar-refractivity contribution is 5.95. The minimum atomic E-state index is -0.0538. The largest absolute Gasteiger partial charge is 0.497 e. The lowest BCUT2D eigenvalue weighted by Crippen LogP contribution is -2.44. The van der Waals surface area contributed by atoms with Crippen LogP contribution in [0.15, 0.2) is 42.5 Å². The fourth-order valence-electron chi connectivity index (χ4n) is 3.53. The van der Waals surface area contributed by atoms with Crippen molar-refractivity contribution < 1.29 is 19.0 Å². The topological polar surface area (TPSA) is 60.0 Å². The zero-order valence-electron chi connectivity index (χ0n) is 15.4. The number of likely N-dealkylation sites (tertiary alicyclic amines) is 1. The lowest BCUT2D eigenvalue weighted by atomic mass is 10.0. The molecule has 0 aromatic heterocycles. The van der Waals surface area contributed by atoms with Crippen molar-refractivity contribution in [2.45, 2.75) is 25.4 Å². The molecule has 1 fully saturated rings. The highest BCUT2D eigenvalue weighted by atomic mass is 16.7. The van der Waals surface area contributed by atoms with Crippen LogP contribution in [0.4, 0.5) is 0 Å². The van der Waals surface area contributed by atoms with E-state index in [1.54, 1.807) is 25.3 Å². The van der Waals surface area contributed by atoms with E-state index in [1.165, 1.54) is 5.56 Å². The lowest BCUT2D eigenvalue weighted by molar-refractivity contribution is 0.0908. The molecule has 6 nitrogen and oxygen atoms in total. The monoisotopic (exact) mass is 368 g/mol. The number of ether oxygens (including phenoxy) is 3. The summed E-state index contributed by atoms with van der Waals surface area (Å²) in [6, 6.07) is 13.7. The zero-order chi connectivity index (χ0) is 18.6. The molecule has 142 valence electrons. The summed E-state index contributed by atoms with van der Waals surface area (Å²) < 4.78 is 15.8. The number of hydrogen-bond donors (Lipinski definition) is 1. The highest BCUT2D eigenvalue weighted by Gasteiger charge is 2.22. The minimum absolute atomic E-state index is 0.0538. The van der Waals surface area contributed by atoms with Gasteiger partial charge in [0, 0.05) is 31.2 Å². The Hall–Kier alpha value is -2.73. The Bertz CT molecular complexity index is 798. The van der Waals surface area contributed by atoms with Crippen LogP contribution < -0.4 is 19.5 Å². The fourth-order valence-corrected chi connectivity index (χ4v) is 3.53. The van der Waals surface area contributed by atoms with Crippen molar-refractivity contribution in [3.05, 3.63) is 53.6 Å². The van der Waals surface area contributed by atoms with E-state index >= 15 is 0 Å². The number of hydrogen-bond acceptors (Lipinski definition) is 5. The average Bonchev–Trinajstić information content (AvgIpc) is 3.18. The summed E-state index contributed by atoms with van der Waals surface area (Å²) in [6.45, 7) is 3.08. The fraction of sp³-hybridized carbons (Fsp3) is 0.381. The van der Waals surface area contributed by atoms with Gasteiger partial charge in [-0.3, -0.25) is 9.69 Å². The molecule has 2 aliphatic rings. The van der Waals surface area contributed by atoms with Crippen molar-refractivity contribution in [2.24, 2.45) is 0 Å². The third-order valence-electron chi connectivity index (χ3n) is 5.12. The van der Waals surface area contributed by atoms with Crippen LogP contribution in [-0.2, 0) is 6.54 Å². The summed E-state index contributed by atoms with van der Waals surface area (Å²) in [5.74, 6) is 2.15. The number of benzene rings is 2. The zero-order valence-corrected chi connectivity index (χ0v) is 15.4. The van der Waals surface area contributed by atoms with Gasteiger partial charge in [-0.2, -0.15) is 0 Å². The van der Waals surface area contributed by atoms with Crippen LogP contribution in [0, 0.1) is 0 Å². The molecule has 27 heavy (non-hydrogen) atoms. The quantitative estimate of drug-likeness (QED) is 0.879. The summed E-state index contributed by atoms with van der Waals surface area (Å²) in [5.41, 5.74) is 1.89. The smallest absolute Gasteiger partial charge is 0.251 e. The SMILES string of the molecule is COc1ccc(CN2CCC(NC(=O)c3ccc4c(c3)OCO4)CC2)cc1. The molecule has 1 saturated heterocycles. The molecule has 0 spiro atoms. The third kappa shape index (κ3) is 4.17. The second-order valence-corrected chi connectivity index (χ2v) is 6.94. The second-order valence-electron chi connectivity index (χ2n) is 6.94. The van der Waals surface area contributed by atoms with E-state index in [9.17, 15) is 4.79 Å². The molecular weight excluding hydrogens is 344 g/mol. The number of fused-ring (bicyclic) bond motifs is 1. The highest BCUT2D eigenvalue weighted by Crippen LogP contribution is 2.32. The number of carbonyl (C=O) groups is 1. The molecule has 0 atom stereocenters. The van der Waals surface area contributed by atoms with Gasteiger partial charge in [0.05, 0.1) is 7.11 Å². The average molecular weight is 368 g/mol. The van der Waals surface area contributed by atoms with Crippen LogP contribution in [0.2, 0.25) is 0 Å². The van der Waals surface area contributed by atoms with Gasteiger partial charge in [-0.1, -0.05) is 12.1 Å². The predicted molar refractivity (Wildman–Crippen MR) is 101 cm³/mol. The summed E-state index contributed by atoms with van der Waals surface area (Å²) in [4.78, 5) is 14.9. The first-order valence-corrected chi connectivity index (χ1v) is 9.27. The van der Waals surface area contributed by atoms with Crippen LogP contribution in [0.25, 0.3) is 0 Å². The van der Waals surface area contributed by atoms with Crippen LogP contribution in [0.1, 0.15) is 28.8 Å². The van der Waals surface area contributed by atoms with Gasteiger partial charge >= 0.3 is 0 Å². The van der Waals surface area contributed by atoms with Crippen molar-refractivity contribution in [3.8, 4) is 17.2 Å². The Labute approximate surface area is 159 Å². The Morgan fingerprint density at radius 2 is 1.85 bits per heavy atom. The van der Waals surface area contributed by atoms with Gasteiger partial charge in [-0.25, -0.2) is 0 Å². The predicted octanol–water partition coefficient (Wildman–Crippen LogP) is 2.82. The normalized spacial score (nSPS) is 16.9. The minimum Gasteiger partial charge on any atom is -0.497 e. The first-order valence-electron chi connectivity index (χ1n) is 9.27. The standard InChI is InChI=1S/C21H24N2O4/c1-25-18-5-2-15(3-6-18)13-23-10-8-17(9-11-23)22-21(24)16-4-7-19-20(12-16)27-14-26-19/h2-7,12,17H,8-11,13-14H2,1H3,(H,22,24). The van der Waals surface area contributed by atoms with E-state index in [-0.39, 0.29) is 18.7 Å². The molecule has 2 heterocycles. The van der Waals surface area contributed by atoms with E-state index < -0.39 is 0 Å². The van der Waals surface area contributed by atoms with Crippen molar-refractivity contribution in [3.63, 3.8) is 0 Å². The van der Waals surface area contributed by atoms with E-state index in [2.05, 4.69) is 22.3 Å². The number of methoxy groups -OCH3 is 1. The first kappa shape index (κ1) is 17.7. The number of nitrogens with zero attached hydrogens (tertiary/aromatic N) is 1. The second kappa shape index (κ2) is 7.88. The Kier molecular flexibility index (Phi) is 5.16. The summed E-state index contributed by atoms with van der Waals surface area (Å²) in [7, 11) is 1.68. The van der Waals surface area contributed by atoms with Gasteiger partial charge in [0.2, 0.25) is 6.79 Å². The van der Waals surface area contributed by atoms with E-state index in [4.69, 9.17) is 14.2 Å². The number of amides is 1. The molecule has 0 saturated carbocycles. The van der Waals surface area contributed by atoms with Crippen molar-refractivity contribution >= 4 is 5.91 Å². The molecule has 2 aromatic rings. The summed E-state index contributed by atoms with van der Waals surface area (Å²) >= 11 is 0. The Morgan fingerprint density at radius 3 is 2.59 bits per heavy atom. The van der Waals surface area contributed by atoms with Gasteiger partial charge in [-0.15, -0.1) is 0 Å². The summed E-state index contributed by atoms with van der Waals surface area (Å²) in [5, 5.41) is 3.15. The van der Waals surface area contributed by atoms with E-state index in [0.29, 0.717) is 17.1 Å². The molecule has 0 bridgehead atoms. The molecule has 6 heteroatoms. The number of nitrogens with one attached hydrogen (secondary N) is 1. The number of piperidine rings is 1. The molecule has 1 amide bonds. The molecule has 0 radical (unpaired) electrons. The molecule has 2 aromatic carbocycles. The molecular formula is C21H24N2O4. The molecule has 1 N–H and O–H groups in total. The number of rotatable bonds is 5. The van der Waals surface area contributed by atoms with E-state index in [0.717, 1.165) is 38.2 Å². The van der Waals surface area contributed by atoms with Gasteiger partial charge < -0.3 is 19.5 Å². The molecule has 0 unspecified atom stereocenters. The van der Waals surface area contributed by atoms with Crippen molar-refractivity contribution in [1.82, 2.24) is 10.2 Å². The Balaban J connectivity index is 1.27. The molecule has 0 aliphatic carbocycles.